The van der Waals surface area contributed by atoms with Gasteiger partial charge < -0.3 is 25.6 Å². The number of rotatable bonds is 15. The summed E-state index contributed by atoms with van der Waals surface area (Å²) in [5, 5.41) is 0. The zero-order valence-electron chi connectivity index (χ0n) is 18.6. The summed E-state index contributed by atoms with van der Waals surface area (Å²) in [6, 6.07) is 1.69. The quantitative estimate of drug-likeness (QED) is 0.348. The molecule has 0 heterocycles. The lowest BCUT2D eigenvalue weighted by atomic mass is 10.9. The lowest BCUT2D eigenvalue weighted by Crippen LogP contribution is -2.55. The topological polar surface area (TPSA) is 55.4 Å². The van der Waals surface area contributed by atoms with Gasteiger partial charge in [-0.25, -0.2) is 0 Å². The van der Waals surface area contributed by atoms with Gasteiger partial charge >= 0.3 is 17.6 Å². The van der Waals surface area contributed by atoms with Crippen molar-refractivity contribution in [2.75, 3.05) is 19.8 Å². The minimum atomic E-state index is -2.64. The van der Waals surface area contributed by atoms with E-state index < -0.39 is 44.0 Å². The Morgan fingerprint density at radius 2 is 1.04 bits per heavy atom. The summed E-state index contributed by atoms with van der Waals surface area (Å²) in [6.45, 7) is 23.0. The molecule has 0 aliphatic heterocycles. The van der Waals surface area contributed by atoms with Gasteiger partial charge in [0.25, 0.3) is 0 Å². The van der Waals surface area contributed by atoms with Gasteiger partial charge in [0.15, 0.2) is 26.4 Å². The standard InChI is InChI=1S/C15H42O6Si5/c1-11-16-26(17-12-2,18-13-3)15-14-24(8,9)21-25(10,19-22(4)5)20-23(6)7/h22-23H,11-15H2,1-10H3. The van der Waals surface area contributed by atoms with Gasteiger partial charge in [0.2, 0.25) is 0 Å². The molecule has 6 nitrogen and oxygen atoms in total. The van der Waals surface area contributed by atoms with Crippen LogP contribution in [-0.4, -0.2) is 63.8 Å². The SMILES string of the molecule is CCO[Si](CC[Si](C)(C)O[Si](C)(O[SiH](C)C)O[SiH](C)C)(OCC)OCC. The predicted octanol–water partition coefficient (Wildman–Crippen LogP) is 3.83. The molecule has 0 fully saturated rings. The Morgan fingerprint density at radius 3 is 1.35 bits per heavy atom. The van der Waals surface area contributed by atoms with Gasteiger partial charge in [0.05, 0.1) is 0 Å². The first-order chi connectivity index (χ1) is 11.9. The second kappa shape index (κ2) is 12.4. The molecule has 0 aromatic carbocycles. The third kappa shape index (κ3) is 11.0. The minimum absolute atomic E-state index is 0.603. The van der Waals surface area contributed by atoms with E-state index in [1.165, 1.54) is 0 Å². The molecule has 0 radical (unpaired) electrons. The molecule has 0 amide bonds. The molecule has 0 bridgehead atoms. The van der Waals surface area contributed by atoms with Crippen LogP contribution in [0.3, 0.4) is 0 Å². The predicted molar refractivity (Wildman–Crippen MR) is 120 cm³/mol. The van der Waals surface area contributed by atoms with E-state index in [4.69, 9.17) is 25.6 Å². The van der Waals surface area contributed by atoms with Gasteiger partial charge in [-0.05, 0) is 66.1 Å². The summed E-state index contributed by atoms with van der Waals surface area (Å²) < 4.78 is 37.2. The fourth-order valence-electron chi connectivity index (χ4n) is 2.94. The van der Waals surface area contributed by atoms with Crippen LogP contribution in [0, 0.1) is 0 Å². The van der Waals surface area contributed by atoms with Gasteiger partial charge in [-0.2, -0.15) is 0 Å². The van der Waals surface area contributed by atoms with Crippen LogP contribution in [0.15, 0.2) is 0 Å². The Balaban J connectivity index is 5.15. The van der Waals surface area contributed by atoms with Gasteiger partial charge in [-0.15, -0.1) is 0 Å². The molecular weight excluding hydrogens is 417 g/mol. The number of hydrogen-bond acceptors (Lipinski definition) is 6. The third-order valence-corrected chi connectivity index (χ3v) is 19.4. The maximum absolute atomic E-state index is 6.64. The van der Waals surface area contributed by atoms with Crippen molar-refractivity contribution >= 4 is 44.0 Å². The first kappa shape index (κ1) is 26.8. The number of hydrogen-bond donors (Lipinski definition) is 0. The Hall–Kier alpha value is 0.844. The Morgan fingerprint density at radius 1 is 0.654 bits per heavy atom. The smallest absolute Gasteiger partial charge is 0.420 e. The van der Waals surface area contributed by atoms with Crippen LogP contribution in [0.5, 0.6) is 0 Å². The summed E-state index contributed by atoms with van der Waals surface area (Å²) in [4.78, 5) is 0. The van der Waals surface area contributed by atoms with Crippen molar-refractivity contribution in [1.29, 1.82) is 0 Å². The second-order valence-corrected chi connectivity index (χ2v) is 22.9. The van der Waals surface area contributed by atoms with E-state index in [1.54, 1.807) is 0 Å². The zero-order valence-corrected chi connectivity index (χ0v) is 23.9. The molecule has 0 saturated heterocycles. The molecule has 0 atom stereocenters. The first-order valence-corrected chi connectivity index (χ1v) is 22.7. The van der Waals surface area contributed by atoms with E-state index >= 15 is 0 Å². The largest absolute Gasteiger partial charge is 0.500 e. The van der Waals surface area contributed by atoms with Crippen LogP contribution in [0.25, 0.3) is 0 Å². The Kier molecular flexibility index (Phi) is 12.8. The molecule has 0 rings (SSSR count). The summed E-state index contributed by atoms with van der Waals surface area (Å²) in [5.41, 5.74) is 0. The van der Waals surface area contributed by atoms with Crippen molar-refractivity contribution < 1.29 is 25.6 Å². The van der Waals surface area contributed by atoms with Crippen molar-refractivity contribution in [3.05, 3.63) is 0 Å². The molecule has 0 aliphatic carbocycles. The van der Waals surface area contributed by atoms with Gasteiger partial charge in [0.1, 0.15) is 0 Å². The van der Waals surface area contributed by atoms with Gasteiger partial charge in [-0.3, -0.25) is 0 Å². The molecule has 0 saturated carbocycles. The van der Waals surface area contributed by atoms with Gasteiger partial charge in [0, 0.05) is 32.4 Å². The van der Waals surface area contributed by atoms with Gasteiger partial charge in [-0.1, -0.05) is 0 Å². The highest BCUT2D eigenvalue weighted by Crippen LogP contribution is 2.28. The average Bonchev–Trinajstić information content (AvgIpc) is 2.43. The van der Waals surface area contributed by atoms with Crippen LogP contribution in [0.1, 0.15) is 20.8 Å². The third-order valence-electron chi connectivity index (χ3n) is 3.49. The molecule has 0 N–H and O–H groups in total. The molecule has 0 unspecified atom stereocenters. The van der Waals surface area contributed by atoms with Crippen molar-refractivity contribution in [2.45, 2.75) is 78.7 Å². The molecule has 0 spiro atoms. The molecule has 158 valence electrons. The van der Waals surface area contributed by atoms with Crippen LogP contribution >= 0.6 is 0 Å². The lowest BCUT2D eigenvalue weighted by Gasteiger charge is -2.38. The van der Waals surface area contributed by atoms with Crippen LogP contribution in [-0.2, 0) is 25.6 Å². The van der Waals surface area contributed by atoms with Crippen molar-refractivity contribution in [3.8, 4) is 0 Å². The van der Waals surface area contributed by atoms with Crippen molar-refractivity contribution in [1.82, 2.24) is 0 Å². The lowest BCUT2D eigenvalue weighted by molar-refractivity contribution is 0.0722. The Labute approximate surface area is 168 Å². The molecular formula is C15H42O6Si5. The first-order valence-electron chi connectivity index (χ1n) is 9.90. The summed E-state index contributed by atoms with van der Waals surface area (Å²) in [6.07, 6.45) is 0. The fourth-order valence-corrected chi connectivity index (χ4v) is 21.8. The van der Waals surface area contributed by atoms with Crippen molar-refractivity contribution in [2.24, 2.45) is 0 Å². The van der Waals surface area contributed by atoms with Crippen LogP contribution < -0.4 is 0 Å². The molecule has 0 aromatic rings. The monoisotopic (exact) mass is 458 g/mol. The van der Waals surface area contributed by atoms with Crippen molar-refractivity contribution in [3.63, 3.8) is 0 Å². The zero-order chi connectivity index (χ0) is 20.4. The molecule has 26 heavy (non-hydrogen) atoms. The van der Waals surface area contributed by atoms with E-state index in [0.717, 1.165) is 12.1 Å². The minimum Gasteiger partial charge on any atom is -0.420 e. The van der Waals surface area contributed by atoms with E-state index in [9.17, 15) is 0 Å². The van der Waals surface area contributed by atoms with E-state index in [-0.39, 0.29) is 0 Å². The molecule has 0 aromatic heterocycles. The highest BCUT2D eigenvalue weighted by atomic mass is 28.5. The van der Waals surface area contributed by atoms with E-state index in [0.29, 0.717) is 19.8 Å². The van der Waals surface area contributed by atoms with Crippen LogP contribution in [0.2, 0.25) is 57.9 Å². The van der Waals surface area contributed by atoms with Crippen LogP contribution in [0.4, 0.5) is 0 Å². The summed E-state index contributed by atoms with van der Waals surface area (Å²) in [7, 11) is -9.72. The van der Waals surface area contributed by atoms with E-state index in [2.05, 4.69) is 45.8 Å². The highest BCUT2D eigenvalue weighted by Gasteiger charge is 2.46. The highest BCUT2D eigenvalue weighted by molar-refractivity contribution is 6.85. The maximum Gasteiger partial charge on any atom is 0.500 e. The Bertz CT molecular complexity index is 357. The summed E-state index contributed by atoms with van der Waals surface area (Å²) in [5.74, 6) is 0. The average molecular weight is 459 g/mol. The molecule has 11 heteroatoms. The summed E-state index contributed by atoms with van der Waals surface area (Å²) >= 11 is 0. The fraction of sp³-hybridized carbons (Fsp3) is 1.00. The second-order valence-electron chi connectivity index (χ2n) is 7.54. The van der Waals surface area contributed by atoms with E-state index in [1.807, 2.05) is 20.8 Å². The molecule has 0 aliphatic rings. The normalized spacial score (nSPS) is 13.8. The maximum atomic E-state index is 6.64.